The molecule has 20 heavy (non-hydrogen) atoms. The highest BCUT2D eigenvalue weighted by atomic mass is 16.5. The third-order valence-corrected chi connectivity index (χ3v) is 3.49. The number of carbonyl (C=O) groups is 1. The number of carboxylic acids is 1. The van der Waals surface area contributed by atoms with Gasteiger partial charge in [0.2, 0.25) is 5.88 Å². The smallest absolute Gasteiger partial charge is 0.303 e. The first-order chi connectivity index (χ1) is 9.58. The average molecular weight is 279 g/mol. The number of hydrogen-bond donors (Lipinski definition) is 1. The Balaban J connectivity index is 2.01. The zero-order valence-corrected chi connectivity index (χ0v) is 12.0. The lowest BCUT2D eigenvalue weighted by atomic mass is 9.94. The second-order valence-electron chi connectivity index (χ2n) is 5.07. The Morgan fingerprint density at radius 1 is 1.45 bits per heavy atom. The number of nitrogens with zero attached hydrogens (tertiary/aromatic N) is 3. The average Bonchev–Trinajstić information content (AvgIpc) is 2.38. The summed E-state index contributed by atoms with van der Waals surface area (Å²) in [7, 11) is 0. The fourth-order valence-electron chi connectivity index (χ4n) is 2.52. The summed E-state index contributed by atoms with van der Waals surface area (Å²) in [5.74, 6) is 1.73. The number of ether oxygens (including phenoxy) is 1. The predicted octanol–water partition coefficient (Wildman–Crippen LogP) is 1.87. The zero-order valence-electron chi connectivity index (χ0n) is 12.0. The summed E-state index contributed by atoms with van der Waals surface area (Å²) in [6.07, 6.45) is 2.04. The van der Waals surface area contributed by atoms with Crippen LogP contribution in [0.4, 0.5) is 5.82 Å². The second-order valence-corrected chi connectivity index (χ2v) is 5.07. The van der Waals surface area contributed by atoms with Gasteiger partial charge in [0.05, 0.1) is 6.61 Å². The molecule has 1 aromatic heterocycles. The molecule has 0 aromatic carbocycles. The molecule has 1 saturated heterocycles. The van der Waals surface area contributed by atoms with E-state index in [0.29, 0.717) is 18.3 Å². The van der Waals surface area contributed by atoms with Crippen LogP contribution in [-0.4, -0.2) is 40.7 Å². The SMILES string of the molecule is CCOc1cc(N2CCC(CC(=O)O)CC2)nc(C)n1. The summed E-state index contributed by atoms with van der Waals surface area (Å²) < 4.78 is 5.44. The van der Waals surface area contributed by atoms with Crippen LogP contribution in [0.1, 0.15) is 32.0 Å². The number of piperidine rings is 1. The molecule has 110 valence electrons. The molecule has 0 unspecified atom stereocenters. The van der Waals surface area contributed by atoms with Gasteiger partial charge in [0.25, 0.3) is 0 Å². The van der Waals surface area contributed by atoms with Crippen LogP contribution in [0.5, 0.6) is 5.88 Å². The number of aromatic nitrogens is 2. The number of hydrogen-bond acceptors (Lipinski definition) is 5. The minimum atomic E-state index is -0.708. The maximum absolute atomic E-state index is 10.7. The van der Waals surface area contributed by atoms with E-state index in [0.717, 1.165) is 31.7 Å². The van der Waals surface area contributed by atoms with Crippen molar-refractivity contribution in [1.82, 2.24) is 9.97 Å². The summed E-state index contributed by atoms with van der Waals surface area (Å²) >= 11 is 0. The topological polar surface area (TPSA) is 75.5 Å². The van der Waals surface area contributed by atoms with Crippen molar-refractivity contribution in [3.63, 3.8) is 0 Å². The van der Waals surface area contributed by atoms with Gasteiger partial charge in [0.1, 0.15) is 11.6 Å². The second kappa shape index (κ2) is 6.54. The lowest BCUT2D eigenvalue weighted by Gasteiger charge is -2.32. The van der Waals surface area contributed by atoms with Gasteiger partial charge in [-0.3, -0.25) is 4.79 Å². The van der Waals surface area contributed by atoms with Crippen molar-refractivity contribution in [2.24, 2.45) is 5.92 Å². The summed E-state index contributed by atoms with van der Waals surface area (Å²) in [5, 5.41) is 8.83. The minimum Gasteiger partial charge on any atom is -0.481 e. The van der Waals surface area contributed by atoms with Crippen molar-refractivity contribution >= 4 is 11.8 Å². The Labute approximate surface area is 118 Å². The first-order valence-electron chi connectivity index (χ1n) is 7.03. The van der Waals surface area contributed by atoms with Crippen LogP contribution in [0.15, 0.2) is 6.07 Å². The molecule has 2 rings (SSSR count). The Morgan fingerprint density at radius 3 is 2.75 bits per heavy atom. The predicted molar refractivity (Wildman–Crippen MR) is 75.1 cm³/mol. The number of rotatable bonds is 5. The van der Waals surface area contributed by atoms with E-state index in [2.05, 4.69) is 14.9 Å². The number of anilines is 1. The van der Waals surface area contributed by atoms with E-state index in [1.165, 1.54) is 0 Å². The fourth-order valence-corrected chi connectivity index (χ4v) is 2.52. The first-order valence-corrected chi connectivity index (χ1v) is 7.03. The lowest BCUT2D eigenvalue weighted by Crippen LogP contribution is -2.35. The quantitative estimate of drug-likeness (QED) is 0.887. The van der Waals surface area contributed by atoms with Crippen LogP contribution in [0.3, 0.4) is 0 Å². The number of aliphatic carboxylic acids is 1. The molecule has 0 radical (unpaired) electrons. The van der Waals surface area contributed by atoms with Crippen molar-refractivity contribution < 1.29 is 14.6 Å². The summed E-state index contributed by atoms with van der Waals surface area (Å²) in [4.78, 5) is 21.6. The molecular weight excluding hydrogens is 258 g/mol. The van der Waals surface area contributed by atoms with E-state index < -0.39 is 5.97 Å². The van der Waals surface area contributed by atoms with Crippen LogP contribution >= 0.6 is 0 Å². The van der Waals surface area contributed by atoms with Gasteiger partial charge in [0, 0.05) is 25.6 Å². The van der Waals surface area contributed by atoms with E-state index in [4.69, 9.17) is 9.84 Å². The van der Waals surface area contributed by atoms with Gasteiger partial charge in [-0.15, -0.1) is 0 Å². The molecule has 1 aliphatic rings. The van der Waals surface area contributed by atoms with Crippen LogP contribution < -0.4 is 9.64 Å². The zero-order chi connectivity index (χ0) is 14.5. The fraction of sp³-hybridized carbons (Fsp3) is 0.643. The minimum absolute atomic E-state index is 0.265. The van der Waals surface area contributed by atoms with E-state index in [1.807, 2.05) is 19.9 Å². The molecule has 0 atom stereocenters. The number of carboxylic acid groups (broad SMARTS) is 1. The molecule has 0 spiro atoms. The summed E-state index contributed by atoms with van der Waals surface area (Å²) in [6.45, 7) is 6.02. The molecule has 0 bridgehead atoms. The molecule has 6 nitrogen and oxygen atoms in total. The molecule has 1 aromatic rings. The summed E-state index contributed by atoms with van der Waals surface area (Å²) in [6, 6.07) is 1.86. The van der Waals surface area contributed by atoms with Crippen LogP contribution in [0.2, 0.25) is 0 Å². The number of aryl methyl sites for hydroxylation is 1. The van der Waals surface area contributed by atoms with Crippen LogP contribution in [-0.2, 0) is 4.79 Å². The third kappa shape index (κ3) is 3.82. The van der Waals surface area contributed by atoms with Gasteiger partial charge in [0.15, 0.2) is 0 Å². The van der Waals surface area contributed by atoms with Gasteiger partial charge >= 0.3 is 5.97 Å². The Kier molecular flexibility index (Phi) is 4.76. The van der Waals surface area contributed by atoms with E-state index in [9.17, 15) is 4.79 Å². The lowest BCUT2D eigenvalue weighted by molar-refractivity contribution is -0.138. The van der Waals surface area contributed by atoms with Gasteiger partial charge < -0.3 is 14.7 Å². The summed E-state index contributed by atoms with van der Waals surface area (Å²) in [5.41, 5.74) is 0. The highest BCUT2D eigenvalue weighted by Gasteiger charge is 2.22. The molecule has 0 amide bonds. The molecule has 2 heterocycles. The molecular formula is C14H21N3O3. The molecule has 0 aliphatic carbocycles. The van der Waals surface area contributed by atoms with Crippen molar-refractivity contribution in [3.05, 3.63) is 11.9 Å². The van der Waals surface area contributed by atoms with E-state index in [-0.39, 0.29) is 12.3 Å². The molecule has 1 N–H and O–H groups in total. The molecule has 1 fully saturated rings. The molecule has 6 heteroatoms. The van der Waals surface area contributed by atoms with Crippen molar-refractivity contribution in [3.8, 4) is 5.88 Å². The third-order valence-electron chi connectivity index (χ3n) is 3.49. The van der Waals surface area contributed by atoms with Gasteiger partial charge in [-0.2, -0.15) is 4.98 Å². The van der Waals surface area contributed by atoms with Gasteiger partial charge in [-0.05, 0) is 32.6 Å². The normalized spacial score (nSPS) is 16.2. The maximum atomic E-state index is 10.7. The Morgan fingerprint density at radius 2 is 2.15 bits per heavy atom. The highest BCUT2D eigenvalue weighted by molar-refractivity contribution is 5.67. The largest absolute Gasteiger partial charge is 0.481 e. The van der Waals surface area contributed by atoms with E-state index in [1.54, 1.807) is 0 Å². The highest BCUT2D eigenvalue weighted by Crippen LogP contribution is 2.25. The van der Waals surface area contributed by atoms with Crippen molar-refractivity contribution in [2.45, 2.75) is 33.1 Å². The van der Waals surface area contributed by atoms with E-state index >= 15 is 0 Å². The van der Waals surface area contributed by atoms with Gasteiger partial charge in [-0.1, -0.05) is 0 Å². The molecule has 0 saturated carbocycles. The van der Waals surface area contributed by atoms with Crippen molar-refractivity contribution in [2.75, 3.05) is 24.6 Å². The van der Waals surface area contributed by atoms with Crippen molar-refractivity contribution in [1.29, 1.82) is 0 Å². The standard InChI is InChI=1S/C14H21N3O3/c1-3-20-13-9-12(15-10(2)16-13)17-6-4-11(5-7-17)8-14(18)19/h9,11H,3-8H2,1-2H3,(H,18,19). The first kappa shape index (κ1) is 14.6. The molecule has 1 aliphatic heterocycles. The van der Waals surface area contributed by atoms with Crippen LogP contribution in [0.25, 0.3) is 0 Å². The van der Waals surface area contributed by atoms with Crippen LogP contribution in [0, 0.1) is 12.8 Å². The Bertz CT molecular complexity index is 471. The Hall–Kier alpha value is -1.85. The monoisotopic (exact) mass is 279 g/mol. The van der Waals surface area contributed by atoms with Gasteiger partial charge in [-0.25, -0.2) is 4.98 Å². The maximum Gasteiger partial charge on any atom is 0.303 e.